The summed E-state index contributed by atoms with van der Waals surface area (Å²) in [6, 6.07) is 5.65. The summed E-state index contributed by atoms with van der Waals surface area (Å²) in [7, 11) is -3.26. The molecular formula is C14H19N3O2S. The molecule has 0 saturated heterocycles. The Hall–Kier alpha value is -1.82. The molecule has 0 aliphatic carbocycles. The number of rotatable bonds is 5. The highest BCUT2D eigenvalue weighted by atomic mass is 32.2. The zero-order valence-corrected chi connectivity index (χ0v) is 12.7. The third-order valence-electron chi connectivity index (χ3n) is 3.47. The minimum absolute atomic E-state index is 0.0623. The molecule has 0 fully saturated rings. The van der Waals surface area contributed by atoms with E-state index in [1.165, 1.54) is 0 Å². The average Bonchev–Trinajstić information content (AvgIpc) is 2.94. The van der Waals surface area contributed by atoms with Crippen molar-refractivity contribution >= 4 is 15.7 Å². The molecule has 0 aliphatic heterocycles. The molecule has 0 amide bonds. The SMILES string of the molecule is CCS(=O)(=O)Nc1cccc(C(C)c2cnc[nH]2)c1C. The molecule has 0 spiro atoms. The maximum Gasteiger partial charge on any atom is 0.232 e. The molecule has 0 radical (unpaired) electrons. The smallest absolute Gasteiger partial charge is 0.232 e. The molecule has 1 unspecified atom stereocenters. The summed E-state index contributed by atoms with van der Waals surface area (Å²) in [4.78, 5) is 7.12. The number of aromatic nitrogens is 2. The molecule has 0 aliphatic rings. The molecule has 20 heavy (non-hydrogen) atoms. The average molecular weight is 293 g/mol. The van der Waals surface area contributed by atoms with E-state index in [1.807, 2.05) is 19.1 Å². The highest BCUT2D eigenvalue weighted by molar-refractivity contribution is 7.92. The third-order valence-corrected chi connectivity index (χ3v) is 4.76. The number of hydrogen-bond donors (Lipinski definition) is 2. The summed E-state index contributed by atoms with van der Waals surface area (Å²) in [5, 5.41) is 0. The summed E-state index contributed by atoms with van der Waals surface area (Å²) in [6.07, 6.45) is 3.43. The topological polar surface area (TPSA) is 74.8 Å². The van der Waals surface area contributed by atoms with E-state index in [-0.39, 0.29) is 11.7 Å². The molecule has 108 valence electrons. The Kier molecular flexibility index (Phi) is 4.13. The van der Waals surface area contributed by atoms with Gasteiger partial charge in [0.05, 0.1) is 17.8 Å². The van der Waals surface area contributed by atoms with E-state index in [4.69, 9.17) is 0 Å². The van der Waals surface area contributed by atoms with Gasteiger partial charge >= 0.3 is 0 Å². The van der Waals surface area contributed by atoms with Gasteiger partial charge in [-0.15, -0.1) is 0 Å². The second kappa shape index (κ2) is 5.66. The van der Waals surface area contributed by atoms with Crippen LogP contribution in [0.5, 0.6) is 0 Å². The van der Waals surface area contributed by atoms with Gasteiger partial charge in [-0.2, -0.15) is 0 Å². The van der Waals surface area contributed by atoms with Gasteiger partial charge in [-0.3, -0.25) is 4.72 Å². The Bertz CT molecular complexity index is 678. The Morgan fingerprint density at radius 3 is 2.75 bits per heavy atom. The summed E-state index contributed by atoms with van der Waals surface area (Å²) >= 11 is 0. The number of hydrogen-bond acceptors (Lipinski definition) is 3. The molecular weight excluding hydrogens is 274 g/mol. The maximum atomic E-state index is 11.7. The second-order valence-corrected chi connectivity index (χ2v) is 6.76. The van der Waals surface area contributed by atoms with E-state index in [0.29, 0.717) is 5.69 Å². The van der Waals surface area contributed by atoms with Crippen LogP contribution in [-0.4, -0.2) is 24.1 Å². The lowest BCUT2D eigenvalue weighted by Crippen LogP contribution is -2.16. The summed E-state index contributed by atoms with van der Waals surface area (Å²) < 4.78 is 26.0. The van der Waals surface area contributed by atoms with Gasteiger partial charge in [-0.1, -0.05) is 19.1 Å². The Morgan fingerprint density at radius 1 is 1.40 bits per heavy atom. The molecule has 2 N–H and O–H groups in total. The van der Waals surface area contributed by atoms with Crippen LogP contribution in [0.1, 0.15) is 36.6 Å². The van der Waals surface area contributed by atoms with Gasteiger partial charge in [0, 0.05) is 17.8 Å². The fourth-order valence-electron chi connectivity index (χ4n) is 2.14. The first kappa shape index (κ1) is 14.6. The Morgan fingerprint density at radius 2 is 2.15 bits per heavy atom. The second-order valence-electron chi connectivity index (χ2n) is 4.75. The quantitative estimate of drug-likeness (QED) is 0.890. The minimum atomic E-state index is -3.26. The van der Waals surface area contributed by atoms with Crippen molar-refractivity contribution in [2.75, 3.05) is 10.5 Å². The van der Waals surface area contributed by atoms with E-state index in [2.05, 4.69) is 21.6 Å². The summed E-state index contributed by atoms with van der Waals surface area (Å²) in [6.45, 7) is 5.61. The van der Waals surface area contributed by atoms with Gasteiger partial charge in [0.1, 0.15) is 0 Å². The lowest BCUT2D eigenvalue weighted by molar-refractivity contribution is 0.602. The van der Waals surface area contributed by atoms with E-state index < -0.39 is 10.0 Å². The molecule has 1 aromatic heterocycles. The largest absolute Gasteiger partial charge is 0.348 e. The molecule has 2 aromatic rings. The van der Waals surface area contributed by atoms with Crippen LogP contribution in [0.3, 0.4) is 0 Å². The lowest BCUT2D eigenvalue weighted by atomic mass is 9.93. The van der Waals surface area contributed by atoms with Crippen molar-refractivity contribution in [1.82, 2.24) is 9.97 Å². The van der Waals surface area contributed by atoms with Gasteiger partial charge in [-0.05, 0) is 31.0 Å². The van der Waals surface area contributed by atoms with E-state index in [0.717, 1.165) is 16.8 Å². The zero-order chi connectivity index (χ0) is 14.8. The number of nitrogens with one attached hydrogen (secondary N) is 2. The zero-order valence-electron chi connectivity index (χ0n) is 11.8. The van der Waals surface area contributed by atoms with Crippen LogP contribution in [0.15, 0.2) is 30.7 Å². The van der Waals surface area contributed by atoms with Crippen LogP contribution in [0.4, 0.5) is 5.69 Å². The van der Waals surface area contributed by atoms with Crippen molar-refractivity contribution in [2.24, 2.45) is 0 Å². The molecule has 5 nitrogen and oxygen atoms in total. The van der Waals surface area contributed by atoms with Gasteiger partial charge in [0.2, 0.25) is 10.0 Å². The molecule has 0 saturated carbocycles. The number of H-pyrrole nitrogens is 1. The highest BCUT2D eigenvalue weighted by Gasteiger charge is 2.16. The van der Waals surface area contributed by atoms with E-state index >= 15 is 0 Å². The number of benzene rings is 1. The fraction of sp³-hybridized carbons (Fsp3) is 0.357. The van der Waals surface area contributed by atoms with Gasteiger partial charge in [0.15, 0.2) is 0 Å². The lowest BCUT2D eigenvalue weighted by Gasteiger charge is -2.17. The standard InChI is InChI=1S/C14H19N3O2S/c1-4-20(18,19)17-13-7-5-6-12(10(13)2)11(3)14-8-15-9-16-14/h5-9,11,17H,4H2,1-3H3,(H,15,16). The number of anilines is 1. The van der Waals surface area contributed by atoms with Crippen LogP contribution >= 0.6 is 0 Å². The van der Waals surface area contributed by atoms with Crippen molar-refractivity contribution in [3.05, 3.63) is 47.5 Å². The van der Waals surface area contributed by atoms with Crippen LogP contribution in [0.25, 0.3) is 0 Å². The number of imidazole rings is 1. The van der Waals surface area contributed by atoms with Crippen molar-refractivity contribution in [2.45, 2.75) is 26.7 Å². The molecule has 6 heteroatoms. The van der Waals surface area contributed by atoms with Crippen LogP contribution < -0.4 is 4.72 Å². The molecule has 1 heterocycles. The summed E-state index contributed by atoms with van der Waals surface area (Å²) in [5.74, 6) is 0.191. The molecule has 1 aromatic carbocycles. The number of nitrogens with zero attached hydrogens (tertiary/aromatic N) is 1. The molecule has 2 rings (SSSR count). The van der Waals surface area contributed by atoms with E-state index in [1.54, 1.807) is 25.5 Å². The molecule has 1 atom stereocenters. The fourth-order valence-corrected chi connectivity index (χ4v) is 2.84. The predicted octanol–water partition coefficient (Wildman–Crippen LogP) is 2.63. The van der Waals surface area contributed by atoms with Gasteiger partial charge in [0.25, 0.3) is 0 Å². The van der Waals surface area contributed by atoms with Crippen molar-refractivity contribution in [3.63, 3.8) is 0 Å². The first-order chi connectivity index (χ1) is 9.44. The highest BCUT2D eigenvalue weighted by Crippen LogP contribution is 2.29. The van der Waals surface area contributed by atoms with Crippen molar-refractivity contribution in [1.29, 1.82) is 0 Å². The van der Waals surface area contributed by atoms with Crippen molar-refractivity contribution < 1.29 is 8.42 Å². The number of aromatic amines is 1. The van der Waals surface area contributed by atoms with Crippen LogP contribution in [-0.2, 0) is 10.0 Å². The minimum Gasteiger partial charge on any atom is -0.348 e. The Balaban J connectivity index is 2.37. The maximum absolute atomic E-state index is 11.7. The monoisotopic (exact) mass is 293 g/mol. The van der Waals surface area contributed by atoms with E-state index in [9.17, 15) is 8.42 Å². The normalized spacial score (nSPS) is 13.2. The van der Waals surface area contributed by atoms with Crippen LogP contribution in [0, 0.1) is 6.92 Å². The van der Waals surface area contributed by atoms with Crippen molar-refractivity contribution in [3.8, 4) is 0 Å². The number of sulfonamides is 1. The predicted molar refractivity (Wildman–Crippen MR) is 80.4 cm³/mol. The third kappa shape index (κ3) is 3.01. The van der Waals surface area contributed by atoms with Gasteiger partial charge < -0.3 is 4.98 Å². The first-order valence-electron chi connectivity index (χ1n) is 6.53. The summed E-state index contributed by atoms with van der Waals surface area (Å²) in [5.41, 5.74) is 3.65. The van der Waals surface area contributed by atoms with Gasteiger partial charge in [-0.25, -0.2) is 13.4 Å². The molecule has 0 bridgehead atoms. The first-order valence-corrected chi connectivity index (χ1v) is 8.18. The Labute approximate surface area is 119 Å². The van der Waals surface area contributed by atoms with Crippen LogP contribution in [0.2, 0.25) is 0 Å².